The standard InChI is InChI=1S/C22H22N4O3/c1-12-5-6-15(17(23)7-12)14-8-16-20(25-26-22(16)24-11-14)13-9-18(27-2)21(29-4)19(10-13)28-3/h5-11H,23H2,1-4H3,(H,24,25,26). The number of nitrogens with zero attached hydrogens (tertiary/aromatic N) is 2. The first-order chi connectivity index (χ1) is 14.0. The van der Waals surface area contributed by atoms with Gasteiger partial charge in [-0.2, -0.15) is 5.10 Å². The predicted molar refractivity (Wildman–Crippen MR) is 114 cm³/mol. The molecule has 0 unspecified atom stereocenters. The summed E-state index contributed by atoms with van der Waals surface area (Å²) in [6.45, 7) is 2.01. The molecule has 0 aliphatic carbocycles. The molecule has 148 valence electrons. The van der Waals surface area contributed by atoms with Crippen molar-refractivity contribution >= 4 is 16.7 Å². The third kappa shape index (κ3) is 3.20. The number of benzene rings is 2. The number of aromatic nitrogens is 3. The molecule has 0 saturated carbocycles. The number of aryl methyl sites for hydroxylation is 1. The van der Waals surface area contributed by atoms with Crippen molar-refractivity contribution in [2.75, 3.05) is 27.1 Å². The van der Waals surface area contributed by atoms with Crippen molar-refractivity contribution in [3.8, 4) is 39.6 Å². The maximum atomic E-state index is 6.23. The summed E-state index contributed by atoms with van der Waals surface area (Å²) in [5, 5.41) is 8.29. The van der Waals surface area contributed by atoms with Crippen molar-refractivity contribution in [3.63, 3.8) is 0 Å². The van der Waals surface area contributed by atoms with Gasteiger partial charge >= 0.3 is 0 Å². The Balaban J connectivity index is 1.89. The zero-order valence-electron chi connectivity index (χ0n) is 16.7. The van der Waals surface area contributed by atoms with Crippen LogP contribution in [0.4, 0.5) is 5.69 Å². The topological polar surface area (TPSA) is 95.3 Å². The molecule has 4 aromatic rings. The van der Waals surface area contributed by atoms with Crippen molar-refractivity contribution in [2.24, 2.45) is 0 Å². The van der Waals surface area contributed by atoms with E-state index in [2.05, 4.69) is 15.2 Å². The minimum atomic E-state index is 0.536. The van der Waals surface area contributed by atoms with Gasteiger partial charge in [-0.3, -0.25) is 5.10 Å². The zero-order chi connectivity index (χ0) is 20.5. The van der Waals surface area contributed by atoms with Gasteiger partial charge in [0.1, 0.15) is 0 Å². The molecule has 2 aromatic carbocycles. The van der Waals surface area contributed by atoms with E-state index in [1.807, 2.05) is 43.3 Å². The summed E-state index contributed by atoms with van der Waals surface area (Å²) >= 11 is 0. The van der Waals surface area contributed by atoms with Crippen LogP contribution in [0.1, 0.15) is 5.56 Å². The van der Waals surface area contributed by atoms with E-state index in [-0.39, 0.29) is 0 Å². The average Bonchev–Trinajstić information content (AvgIpc) is 3.15. The molecule has 0 radical (unpaired) electrons. The van der Waals surface area contributed by atoms with E-state index in [9.17, 15) is 0 Å². The van der Waals surface area contributed by atoms with Crippen LogP contribution in [0.3, 0.4) is 0 Å². The number of pyridine rings is 1. The molecule has 7 nitrogen and oxygen atoms in total. The number of H-pyrrole nitrogens is 1. The molecule has 0 aliphatic heterocycles. The van der Waals surface area contributed by atoms with Gasteiger partial charge in [0.05, 0.1) is 27.0 Å². The number of nitrogen functional groups attached to an aromatic ring is 1. The van der Waals surface area contributed by atoms with Crippen molar-refractivity contribution in [2.45, 2.75) is 6.92 Å². The first-order valence-corrected chi connectivity index (χ1v) is 9.06. The van der Waals surface area contributed by atoms with Crippen LogP contribution in [0.15, 0.2) is 42.6 Å². The van der Waals surface area contributed by atoms with Crippen LogP contribution in [-0.4, -0.2) is 36.5 Å². The van der Waals surface area contributed by atoms with Gasteiger partial charge < -0.3 is 19.9 Å². The van der Waals surface area contributed by atoms with Crippen LogP contribution in [0.2, 0.25) is 0 Å². The first kappa shape index (κ1) is 18.6. The molecule has 7 heteroatoms. The van der Waals surface area contributed by atoms with E-state index in [1.54, 1.807) is 27.5 Å². The second-order valence-corrected chi connectivity index (χ2v) is 6.70. The van der Waals surface area contributed by atoms with Crippen LogP contribution >= 0.6 is 0 Å². The lowest BCUT2D eigenvalue weighted by atomic mass is 10.0. The third-order valence-corrected chi connectivity index (χ3v) is 4.88. The van der Waals surface area contributed by atoms with Gasteiger partial charge in [0.2, 0.25) is 5.75 Å². The van der Waals surface area contributed by atoms with E-state index in [0.717, 1.165) is 33.3 Å². The van der Waals surface area contributed by atoms with Crippen LogP contribution in [0.5, 0.6) is 17.2 Å². The summed E-state index contributed by atoms with van der Waals surface area (Å²) < 4.78 is 16.4. The molecule has 0 spiro atoms. The summed E-state index contributed by atoms with van der Waals surface area (Å²) in [6.07, 6.45) is 1.78. The summed E-state index contributed by atoms with van der Waals surface area (Å²) in [5.41, 5.74) is 12.2. The minimum Gasteiger partial charge on any atom is -0.493 e. The van der Waals surface area contributed by atoms with Crippen molar-refractivity contribution < 1.29 is 14.2 Å². The lowest BCUT2D eigenvalue weighted by molar-refractivity contribution is 0.324. The number of anilines is 1. The molecule has 4 rings (SSSR count). The maximum Gasteiger partial charge on any atom is 0.203 e. The molecule has 0 aliphatic rings. The van der Waals surface area contributed by atoms with Gasteiger partial charge in [0.15, 0.2) is 17.1 Å². The van der Waals surface area contributed by atoms with Gasteiger partial charge in [-0.1, -0.05) is 12.1 Å². The fourth-order valence-electron chi connectivity index (χ4n) is 3.44. The molecule has 0 saturated heterocycles. The highest BCUT2D eigenvalue weighted by molar-refractivity contribution is 5.95. The average molecular weight is 390 g/mol. The number of rotatable bonds is 5. The molecule has 0 atom stereocenters. The molecule has 29 heavy (non-hydrogen) atoms. The largest absolute Gasteiger partial charge is 0.493 e. The molecule has 0 fully saturated rings. The van der Waals surface area contributed by atoms with Crippen molar-refractivity contribution in [3.05, 3.63) is 48.2 Å². The fraction of sp³-hybridized carbons (Fsp3) is 0.182. The summed E-state index contributed by atoms with van der Waals surface area (Å²) in [4.78, 5) is 4.50. The number of nitrogens with one attached hydrogen (secondary N) is 1. The Morgan fingerprint density at radius 2 is 1.62 bits per heavy atom. The van der Waals surface area contributed by atoms with E-state index >= 15 is 0 Å². The predicted octanol–water partition coefficient (Wildman–Crippen LogP) is 4.21. The quantitative estimate of drug-likeness (QED) is 0.496. The molecular formula is C22H22N4O3. The molecule has 2 heterocycles. The fourth-order valence-corrected chi connectivity index (χ4v) is 3.44. The van der Waals surface area contributed by atoms with Gasteiger partial charge in [0, 0.05) is 34.0 Å². The molecule has 0 bridgehead atoms. The van der Waals surface area contributed by atoms with E-state index in [4.69, 9.17) is 19.9 Å². The monoisotopic (exact) mass is 390 g/mol. The number of methoxy groups -OCH3 is 3. The lowest BCUT2D eigenvalue weighted by Crippen LogP contribution is -1.96. The van der Waals surface area contributed by atoms with Gasteiger partial charge in [0.25, 0.3) is 0 Å². The van der Waals surface area contributed by atoms with Gasteiger partial charge in [-0.05, 0) is 36.8 Å². The first-order valence-electron chi connectivity index (χ1n) is 9.06. The second-order valence-electron chi connectivity index (χ2n) is 6.70. The smallest absolute Gasteiger partial charge is 0.203 e. The summed E-state index contributed by atoms with van der Waals surface area (Å²) in [5.74, 6) is 1.67. The number of ether oxygens (including phenoxy) is 3. The summed E-state index contributed by atoms with van der Waals surface area (Å²) in [6, 6.07) is 11.8. The van der Waals surface area contributed by atoms with E-state index in [0.29, 0.717) is 28.6 Å². The zero-order valence-corrected chi connectivity index (χ0v) is 16.7. The number of hydrogen-bond acceptors (Lipinski definition) is 6. The Kier molecular flexibility index (Phi) is 4.72. The lowest BCUT2D eigenvalue weighted by Gasteiger charge is -2.13. The number of nitrogens with two attached hydrogens (primary N) is 1. The van der Waals surface area contributed by atoms with E-state index in [1.165, 1.54) is 0 Å². The summed E-state index contributed by atoms with van der Waals surface area (Å²) in [7, 11) is 4.76. The second kappa shape index (κ2) is 7.35. The minimum absolute atomic E-state index is 0.536. The van der Waals surface area contributed by atoms with Crippen LogP contribution in [0, 0.1) is 6.92 Å². The number of hydrogen-bond donors (Lipinski definition) is 2. The highest BCUT2D eigenvalue weighted by Crippen LogP contribution is 2.42. The SMILES string of the molecule is COc1cc(-c2[nH]nc3ncc(-c4ccc(C)cc4N)cc23)cc(OC)c1OC. The Morgan fingerprint density at radius 3 is 2.24 bits per heavy atom. The van der Waals surface area contributed by atoms with Crippen LogP contribution in [0.25, 0.3) is 33.4 Å². The highest BCUT2D eigenvalue weighted by Gasteiger charge is 2.18. The van der Waals surface area contributed by atoms with Crippen molar-refractivity contribution in [1.29, 1.82) is 0 Å². The molecule has 3 N–H and O–H groups in total. The third-order valence-electron chi connectivity index (χ3n) is 4.88. The number of aromatic amines is 1. The Morgan fingerprint density at radius 1 is 0.897 bits per heavy atom. The van der Waals surface area contributed by atoms with Crippen LogP contribution < -0.4 is 19.9 Å². The van der Waals surface area contributed by atoms with Gasteiger partial charge in [-0.15, -0.1) is 0 Å². The normalized spacial score (nSPS) is 10.9. The molecule has 0 amide bonds. The Labute approximate surface area is 168 Å². The Bertz CT molecular complexity index is 1180. The van der Waals surface area contributed by atoms with Gasteiger partial charge in [-0.25, -0.2) is 4.98 Å². The number of fused-ring (bicyclic) bond motifs is 1. The highest BCUT2D eigenvalue weighted by atomic mass is 16.5. The van der Waals surface area contributed by atoms with Crippen LogP contribution in [-0.2, 0) is 0 Å². The van der Waals surface area contributed by atoms with E-state index < -0.39 is 0 Å². The maximum absolute atomic E-state index is 6.23. The molecule has 2 aromatic heterocycles. The van der Waals surface area contributed by atoms with Crippen molar-refractivity contribution in [1.82, 2.24) is 15.2 Å². The Hall–Kier alpha value is -3.74. The molecular weight excluding hydrogens is 368 g/mol.